The molecular weight excluding hydrogens is 473 g/mol. The van der Waals surface area contributed by atoms with Gasteiger partial charge in [-0.1, -0.05) is 29.4 Å². The van der Waals surface area contributed by atoms with E-state index in [1.807, 2.05) is 42.6 Å². The SMILES string of the molecule is O=C(Nc1cccc(-c2nn3ccccc3c2-c2ccnc(Nc3cccc(F)c3)n2)c1)c1ccno1. The van der Waals surface area contributed by atoms with E-state index in [2.05, 4.69) is 20.8 Å². The molecule has 2 aromatic carbocycles. The number of rotatable bonds is 6. The van der Waals surface area contributed by atoms with Gasteiger partial charge in [0.25, 0.3) is 5.91 Å². The number of carbonyl (C=O) groups excluding carboxylic acids is 1. The Kier molecular flexibility index (Phi) is 5.58. The number of anilines is 3. The number of pyridine rings is 1. The first-order chi connectivity index (χ1) is 18.1. The fraction of sp³-hybridized carbons (Fsp3) is 0. The third-order valence-corrected chi connectivity index (χ3v) is 5.59. The second-order valence-electron chi connectivity index (χ2n) is 8.07. The molecule has 4 aromatic heterocycles. The second-order valence-corrected chi connectivity index (χ2v) is 8.07. The molecule has 0 spiro atoms. The molecule has 0 radical (unpaired) electrons. The van der Waals surface area contributed by atoms with Crippen molar-refractivity contribution in [3.05, 3.63) is 109 Å². The molecule has 0 unspecified atom stereocenters. The zero-order chi connectivity index (χ0) is 25.2. The van der Waals surface area contributed by atoms with Gasteiger partial charge < -0.3 is 15.2 Å². The van der Waals surface area contributed by atoms with E-state index < -0.39 is 5.91 Å². The monoisotopic (exact) mass is 491 g/mol. The predicted octanol–water partition coefficient (Wildman–Crippen LogP) is 5.58. The van der Waals surface area contributed by atoms with Crippen LogP contribution in [0.2, 0.25) is 0 Å². The maximum Gasteiger partial charge on any atom is 0.294 e. The summed E-state index contributed by atoms with van der Waals surface area (Å²) >= 11 is 0. The molecule has 0 aliphatic rings. The Balaban J connectivity index is 1.41. The molecule has 6 aromatic rings. The number of amides is 1. The Morgan fingerprint density at radius 3 is 2.68 bits per heavy atom. The smallest absolute Gasteiger partial charge is 0.294 e. The second kappa shape index (κ2) is 9.34. The molecule has 1 amide bonds. The van der Waals surface area contributed by atoms with Gasteiger partial charge in [0.1, 0.15) is 11.5 Å². The Hall–Kier alpha value is -5.38. The van der Waals surface area contributed by atoms with E-state index in [9.17, 15) is 9.18 Å². The van der Waals surface area contributed by atoms with Crippen LogP contribution in [0.3, 0.4) is 0 Å². The van der Waals surface area contributed by atoms with Gasteiger partial charge in [-0.15, -0.1) is 0 Å². The summed E-state index contributed by atoms with van der Waals surface area (Å²) in [7, 11) is 0. The standard InChI is InChI=1S/C27H18FN7O2/c28-18-6-4-8-20(16-18)32-27-29-12-10-21(33-27)24-22-9-1-2-14-35(22)34-25(24)17-5-3-7-19(15-17)31-26(36)23-11-13-30-37-23/h1-16H,(H,31,36)(H,29,32,33). The summed E-state index contributed by atoms with van der Waals surface area (Å²) in [5, 5.41) is 14.2. The molecule has 10 heteroatoms. The summed E-state index contributed by atoms with van der Waals surface area (Å²) in [6, 6.07) is 22.5. The molecule has 37 heavy (non-hydrogen) atoms. The maximum absolute atomic E-state index is 13.7. The van der Waals surface area contributed by atoms with Crippen LogP contribution >= 0.6 is 0 Å². The van der Waals surface area contributed by atoms with Gasteiger partial charge in [0.15, 0.2) is 0 Å². The molecule has 180 valence electrons. The summed E-state index contributed by atoms with van der Waals surface area (Å²) < 4.78 is 20.4. The van der Waals surface area contributed by atoms with Crippen LogP contribution in [0.4, 0.5) is 21.7 Å². The molecular formula is C27H18FN7O2. The van der Waals surface area contributed by atoms with Gasteiger partial charge in [0.05, 0.1) is 23.0 Å². The third-order valence-electron chi connectivity index (χ3n) is 5.59. The number of carbonyl (C=O) groups is 1. The fourth-order valence-corrected chi connectivity index (χ4v) is 3.98. The van der Waals surface area contributed by atoms with Gasteiger partial charge in [-0.05, 0) is 48.5 Å². The number of nitrogens with one attached hydrogen (secondary N) is 2. The lowest BCUT2D eigenvalue weighted by molar-refractivity contribution is 0.0988. The molecule has 0 bridgehead atoms. The lowest BCUT2D eigenvalue weighted by Crippen LogP contribution is -2.10. The van der Waals surface area contributed by atoms with Crippen LogP contribution in [-0.4, -0.2) is 30.6 Å². The zero-order valence-corrected chi connectivity index (χ0v) is 19.2. The van der Waals surface area contributed by atoms with Crippen molar-refractivity contribution in [3.63, 3.8) is 0 Å². The number of hydrogen-bond acceptors (Lipinski definition) is 7. The highest BCUT2D eigenvalue weighted by Crippen LogP contribution is 2.35. The molecule has 0 atom stereocenters. The highest BCUT2D eigenvalue weighted by atomic mass is 19.1. The van der Waals surface area contributed by atoms with Crippen LogP contribution in [0.5, 0.6) is 0 Å². The third kappa shape index (κ3) is 4.50. The lowest BCUT2D eigenvalue weighted by Gasteiger charge is -2.09. The molecule has 0 saturated heterocycles. The molecule has 0 saturated carbocycles. The first-order valence-corrected chi connectivity index (χ1v) is 11.3. The van der Waals surface area contributed by atoms with E-state index in [1.54, 1.807) is 35.0 Å². The van der Waals surface area contributed by atoms with Crippen molar-refractivity contribution in [2.24, 2.45) is 0 Å². The van der Waals surface area contributed by atoms with E-state index in [0.717, 1.165) is 16.6 Å². The number of aromatic nitrogens is 5. The van der Waals surface area contributed by atoms with Gasteiger partial charge in [-0.3, -0.25) is 4.79 Å². The first-order valence-electron chi connectivity index (χ1n) is 11.3. The minimum atomic E-state index is -0.409. The van der Waals surface area contributed by atoms with E-state index >= 15 is 0 Å². The number of benzene rings is 2. The zero-order valence-electron chi connectivity index (χ0n) is 19.2. The average Bonchev–Trinajstić information content (AvgIpc) is 3.58. The molecule has 4 heterocycles. The molecule has 9 nitrogen and oxygen atoms in total. The molecule has 0 aliphatic heterocycles. The minimum Gasteiger partial charge on any atom is -0.351 e. The lowest BCUT2D eigenvalue weighted by atomic mass is 10.0. The maximum atomic E-state index is 13.7. The summed E-state index contributed by atoms with van der Waals surface area (Å²) in [6.45, 7) is 0. The number of halogens is 1. The van der Waals surface area contributed by atoms with Crippen LogP contribution in [0, 0.1) is 5.82 Å². The quantitative estimate of drug-likeness (QED) is 0.313. The van der Waals surface area contributed by atoms with Crippen molar-refractivity contribution in [1.82, 2.24) is 24.7 Å². The predicted molar refractivity (Wildman–Crippen MR) is 136 cm³/mol. The fourth-order valence-electron chi connectivity index (χ4n) is 3.98. The number of nitrogens with zero attached hydrogens (tertiary/aromatic N) is 5. The van der Waals surface area contributed by atoms with Gasteiger partial charge in [-0.2, -0.15) is 5.10 Å². The van der Waals surface area contributed by atoms with Crippen molar-refractivity contribution in [2.75, 3.05) is 10.6 Å². The summed E-state index contributed by atoms with van der Waals surface area (Å²) in [4.78, 5) is 21.4. The van der Waals surface area contributed by atoms with Crippen LogP contribution in [0.25, 0.3) is 28.0 Å². The Morgan fingerprint density at radius 2 is 1.81 bits per heavy atom. The van der Waals surface area contributed by atoms with Crippen molar-refractivity contribution in [3.8, 4) is 22.5 Å². The number of fused-ring (bicyclic) bond motifs is 1. The minimum absolute atomic E-state index is 0.109. The average molecular weight is 491 g/mol. The van der Waals surface area contributed by atoms with E-state index in [4.69, 9.17) is 14.6 Å². The topological polar surface area (TPSA) is 110 Å². The molecule has 0 fully saturated rings. The molecule has 2 N–H and O–H groups in total. The van der Waals surface area contributed by atoms with Crippen molar-refractivity contribution in [1.29, 1.82) is 0 Å². The van der Waals surface area contributed by atoms with Crippen molar-refractivity contribution < 1.29 is 13.7 Å². The van der Waals surface area contributed by atoms with Crippen LogP contribution in [0.1, 0.15) is 10.6 Å². The number of hydrogen-bond donors (Lipinski definition) is 2. The highest BCUT2D eigenvalue weighted by molar-refractivity contribution is 6.02. The normalized spacial score (nSPS) is 10.9. The van der Waals surface area contributed by atoms with Crippen LogP contribution in [-0.2, 0) is 0 Å². The van der Waals surface area contributed by atoms with Crippen molar-refractivity contribution in [2.45, 2.75) is 0 Å². The first kappa shape index (κ1) is 22.1. The van der Waals surface area contributed by atoms with Gasteiger partial charge in [-0.25, -0.2) is 18.9 Å². The Morgan fingerprint density at radius 1 is 0.919 bits per heavy atom. The van der Waals surface area contributed by atoms with Crippen molar-refractivity contribution >= 4 is 28.7 Å². The highest BCUT2D eigenvalue weighted by Gasteiger charge is 2.19. The summed E-state index contributed by atoms with van der Waals surface area (Å²) in [6.07, 6.45) is 4.90. The van der Waals surface area contributed by atoms with Gasteiger partial charge in [0, 0.05) is 35.4 Å². The summed E-state index contributed by atoms with van der Waals surface area (Å²) in [5.74, 6) is -0.342. The largest absolute Gasteiger partial charge is 0.351 e. The van der Waals surface area contributed by atoms with E-state index in [1.165, 1.54) is 24.4 Å². The van der Waals surface area contributed by atoms with Crippen LogP contribution < -0.4 is 10.6 Å². The molecule has 6 rings (SSSR count). The van der Waals surface area contributed by atoms with Gasteiger partial charge in [0.2, 0.25) is 11.7 Å². The Bertz CT molecular complexity index is 1730. The van der Waals surface area contributed by atoms with E-state index in [0.29, 0.717) is 28.7 Å². The van der Waals surface area contributed by atoms with Crippen LogP contribution in [0.15, 0.2) is 102 Å². The van der Waals surface area contributed by atoms with Gasteiger partial charge >= 0.3 is 0 Å². The Labute approximate surface area is 209 Å². The van der Waals surface area contributed by atoms with E-state index in [-0.39, 0.29) is 11.6 Å². The summed E-state index contributed by atoms with van der Waals surface area (Å²) in [5.41, 5.74) is 4.78. The molecule has 0 aliphatic carbocycles.